The number of carbonyl (C=O) groups excluding carboxylic acids is 1. The van der Waals surface area contributed by atoms with Crippen LogP contribution in [0.5, 0.6) is 0 Å². The summed E-state index contributed by atoms with van der Waals surface area (Å²) in [4.78, 5) is 13.9. The Balaban J connectivity index is 2.12. The van der Waals surface area contributed by atoms with Crippen LogP contribution in [-0.2, 0) is 14.6 Å². The van der Waals surface area contributed by atoms with Gasteiger partial charge in [-0.25, -0.2) is 8.42 Å². The predicted octanol–water partition coefficient (Wildman–Crippen LogP) is 4.64. The number of hydrogen-bond acceptors (Lipinski definition) is 4. The number of nitrogens with zero attached hydrogens (tertiary/aromatic N) is 1. The number of fused-ring (bicyclic) bond motifs is 1. The standard InChI is InChI=1S/C22H22ClNO3S/c1-14-19(11-15-5-8-17(9-6-15)28(4,26)27)18-10-7-16(24(2)3)12-21(18)20(14)13-22(23)25/h5-12H,13H2,1-4H3/b19-11-. The van der Waals surface area contributed by atoms with E-state index >= 15 is 0 Å². The fourth-order valence-corrected chi connectivity index (χ4v) is 4.16. The van der Waals surface area contributed by atoms with Crippen molar-refractivity contribution < 1.29 is 13.2 Å². The highest BCUT2D eigenvalue weighted by molar-refractivity contribution is 7.90. The molecule has 3 rings (SSSR count). The van der Waals surface area contributed by atoms with Gasteiger partial charge in [-0.15, -0.1) is 0 Å². The molecular formula is C22H22ClNO3S. The quantitative estimate of drug-likeness (QED) is 0.667. The first-order valence-electron chi connectivity index (χ1n) is 8.80. The van der Waals surface area contributed by atoms with E-state index in [0.29, 0.717) is 0 Å². The van der Waals surface area contributed by atoms with E-state index < -0.39 is 15.1 Å². The number of halogens is 1. The molecule has 0 N–H and O–H groups in total. The predicted molar refractivity (Wildman–Crippen MR) is 116 cm³/mol. The lowest BCUT2D eigenvalue weighted by atomic mass is 10.00. The highest BCUT2D eigenvalue weighted by atomic mass is 35.5. The zero-order valence-corrected chi connectivity index (χ0v) is 17.9. The molecule has 146 valence electrons. The first-order valence-corrected chi connectivity index (χ1v) is 11.1. The van der Waals surface area contributed by atoms with Gasteiger partial charge in [0.2, 0.25) is 5.24 Å². The van der Waals surface area contributed by atoms with Crippen molar-refractivity contribution in [1.29, 1.82) is 0 Å². The van der Waals surface area contributed by atoms with Crippen molar-refractivity contribution in [2.24, 2.45) is 0 Å². The molecular weight excluding hydrogens is 394 g/mol. The van der Waals surface area contributed by atoms with Gasteiger partial charge in [-0.1, -0.05) is 18.2 Å². The molecule has 0 spiro atoms. The molecule has 0 aromatic heterocycles. The first-order chi connectivity index (χ1) is 13.1. The Morgan fingerprint density at radius 2 is 1.71 bits per heavy atom. The van der Waals surface area contributed by atoms with E-state index in [2.05, 4.69) is 12.1 Å². The molecule has 0 aliphatic heterocycles. The van der Waals surface area contributed by atoms with E-state index in [1.165, 1.54) is 6.26 Å². The molecule has 1 aliphatic carbocycles. The van der Waals surface area contributed by atoms with Crippen LogP contribution < -0.4 is 4.90 Å². The highest BCUT2D eigenvalue weighted by Crippen LogP contribution is 2.45. The summed E-state index contributed by atoms with van der Waals surface area (Å²) in [5, 5.41) is -0.394. The maximum absolute atomic E-state index is 11.7. The van der Waals surface area contributed by atoms with E-state index in [1.807, 2.05) is 38.1 Å². The largest absolute Gasteiger partial charge is 0.378 e. The number of hydrogen-bond donors (Lipinski definition) is 0. The molecule has 2 aromatic rings. The fraction of sp³-hybridized carbons (Fsp3) is 0.227. The molecule has 0 atom stereocenters. The van der Waals surface area contributed by atoms with Gasteiger partial charge in [0.05, 0.1) is 4.90 Å². The number of sulfone groups is 1. The van der Waals surface area contributed by atoms with Crippen LogP contribution in [0.15, 0.2) is 52.9 Å². The first kappa shape index (κ1) is 20.4. The lowest BCUT2D eigenvalue weighted by Crippen LogP contribution is -2.08. The van der Waals surface area contributed by atoms with Gasteiger partial charge in [-0.2, -0.15) is 0 Å². The van der Waals surface area contributed by atoms with Crippen molar-refractivity contribution >= 4 is 49.6 Å². The minimum Gasteiger partial charge on any atom is -0.378 e. The zero-order valence-electron chi connectivity index (χ0n) is 16.3. The van der Waals surface area contributed by atoms with E-state index in [-0.39, 0.29) is 11.3 Å². The summed E-state index contributed by atoms with van der Waals surface area (Å²) in [5.74, 6) is 0. The summed E-state index contributed by atoms with van der Waals surface area (Å²) < 4.78 is 23.3. The van der Waals surface area contributed by atoms with Crippen LogP contribution in [-0.4, -0.2) is 34.0 Å². The summed E-state index contributed by atoms with van der Waals surface area (Å²) >= 11 is 5.70. The highest BCUT2D eigenvalue weighted by Gasteiger charge is 2.25. The van der Waals surface area contributed by atoms with Gasteiger partial charge in [0.25, 0.3) is 0 Å². The Hall–Kier alpha value is -2.37. The van der Waals surface area contributed by atoms with Crippen molar-refractivity contribution in [1.82, 2.24) is 0 Å². The van der Waals surface area contributed by atoms with Gasteiger partial charge in [-0.05, 0) is 82.3 Å². The van der Waals surface area contributed by atoms with E-state index in [0.717, 1.165) is 39.1 Å². The smallest absolute Gasteiger partial charge is 0.226 e. The Morgan fingerprint density at radius 3 is 2.25 bits per heavy atom. The van der Waals surface area contributed by atoms with Gasteiger partial charge in [0, 0.05) is 32.5 Å². The lowest BCUT2D eigenvalue weighted by Gasteiger charge is -2.15. The monoisotopic (exact) mass is 415 g/mol. The molecule has 28 heavy (non-hydrogen) atoms. The molecule has 6 heteroatoms. The Labute approximate surface area is 171 Å². The summed E-state index contributed by atoms with van der Waals surface area (Å²) in [6.07, 6.45) is 3.38. The molecule has 1 aliphatic rings. The zero-order chi connectivity index (χ0) is 20.6. The Bertz CT molecular complexity index is 1110. The van der Waals surface area contributed by atoms with Gasteiger partial charge >= 0.3 is 0 Å². The van der Waals surface area contributed by atoms with Crippen LogP contribution in [0.3, 0.4) is 0 Å². The molecule has 0 fully saturated rings. The molecule has 0 radical (unpaired) electrons. The van der Waals surface area contributed by atoms with Crippen LogP contribution in [0.25, 0.3) is 17.2 Å². The van der Waals surface area contributed by atoms with Crippen molar-refractivity contribution in [3.63, 3.8) is 0 Å². The summed E-state index contributed by atoms with van der Waals surface area (Å²) in [5.41, 5.74) is 6.94. The van der Waals surface area contributed by atoms with Gasteiger partial charge in [0.15, 0.2) is 9.84 Å². The third-order valence-corrected chi connectivity index (χ3v) is 6.19. The molecule has 0 saturated heterocycles. The topological polar surface area (TPSA) is 54.5 Å². The molecule has 0 saturated carbocycles. The molecule has 0 amide bonds. The molecule has 0 bridgehead atoms. The van der Waals surface area contributed by atoms with Crippen LogP contribution in [0.4, 0.5) is 5.69 Å². The number of allylic oxidation sites excluding steroid dienone is 3. The van der Waals surface area contributed by atoms with E-state index in [4.69, 9.17) is 11.6 Å². The third kappa shape index (κ3) is 4.05. The van der Waals surface area contributed by atoms with Gasteiger partial charge in [0.1, 0.15) is 0 Å². The van der Waals surface area contributed by atoms with Gasteiger partial charge < -0.3 is 4.90 Å². The maximum atomic E-state index is 11.7. The normalized spacial score (nSPS) is 15.1. The molecule has 0 unspecified atom stereocenters. The lowest BCUT2D eigenvalue weighted by molar-refractivity contribution is -0.110. The van der Waals surface area contributed by atoms with Crippen molar-refractivity contribution in [3.8, 4) is 0 Å². The summed E-state index contributed by atoms with van der Waals surface area (Å²) in [7, 11) is 0.716. The van der Waals surface area contributed by atoms with E-state index in [1.54, 1.807) is 24.3 Å². The van der Waals surface area contributed by atoms with Crippen molar-refractivity contribution in [2.75, 3.05) is 25.3 Å². The SMILES string of the molecule is CC1=C(CC(=O)Cl)c2cc(N(C)C)ccc2/C1=C\c1ccc(S(C)(=O)=O)cc1. The molecule has 2 aromatic carbocycles. The number of carbonyl (C=O) groups is 1. The second kappa shape index (κ2) is 7.57. The third-order valence-electron chi connectivity index (χ3n) is 4.93. The number of rotatable bonds is 5. The number of anilines is 1. The van der Waals surface area contributed by atoms with Crippen LogP contribution >= 0.6 is 11.6 Å². The van der Waals surface area contributed by atoms with Crippen LogP contribution in [0.1, 0.15) is 30.0 Å². The van der Waals surface area contributed by atoms with Gasteiger partial charge in [-0.3, -0.25) is 4.79 Å². The Morgan fingerprint density at radius 1 is 1.07 bits per heavy atom. The van der Waals surface area contributed by atoms with Crippen molar-refractivity contribution in [2.45, 2.75) is 18.2 Å². The van der Waals surface area contributed by atoms with Crippen LogP contribution in [0.2, 0.25) is 0 Å². The maximum Gasteiger partial charge on any atom is 0.226 e. The van der Waals surface area contributed by atoms with Crippen LogP contribution in [0, 0.1) is 0 Å². The summed E-state index contributed by atoms with van der Waals surface area (Å²) in [6.45, 7) is 1.99. The fourth-order valence-electron chi connectivity index (χ4n) is 3.39. The van der Waals surface area contributed by atoms with Crippen molar-refractivity contribution in [3.05, 3.63) is 64.7 Å². The molecule has 4 nitrogen and oxygen atoms in total. The second-order valence-corrected chi connectivity index (χ2v) is 9.60. The average Bonchev–Trinajstić information content (AvgIpc) is 2.86. The second-order valence-electron chi connectivity index (χ2n) is 7.16. The minimum atomic E-state index is -3.23. The average molecular weight is 416 g/mol. The number of benzene rings is 2. The van der Waals surface area contributed by atoms with E-state index in [9.17, 15) is 13.2 Å². The summed E-state index contributed by atoms with van der Waals surface area (Å²) in [6, 6.07) is 12.9. The molecule has 0 heterocycles. The minimum absolute atomic E-state index is 0.168. The Kier molecular flexibility index (Phi) is 5.50.